The van der Waals surface area contributed by atoms with Gasteiger partial charge in [0.15, 0.2) is 0 Å². The van der Waals surface area contributed by atoms with E-state index in [1.54, 1.807) is 37.5 Å². The zero-order valence-electron chi connectivity index (χ0n) is 20.7. The number of benzene rings is 3. The summed E-state index contributed by atoms with van der Waals surface area (Å²) in [5.74, 6) is 0.369. The molecule has 0 aliphatic rings. The highest BCUT2D eigenvalue weighted by Gasteiger charge is 2.30. The molecule has 2 N–H and O–H groups in total. The van der Waals surface area contributed by atoms with Crippen LogP contribution in [-0.2, 0) is 13.5 Å². The molecule has 186 valence electrons. The van der Waals surface area contributed by atoms with Crippen molar-refractivity contribution in [2.24, 2.45) is 12.8 Å². The Bertz CT molecular complexity index is 1750. The summed E-state index contributed by atoms with van der Waals surface area (Å²) in [5, 5.41) is 1.82. The fraction of sp³-hybridized carbons (Fsp3) is 0.138. The SMILES string of the molecule is CCc1ccc2c(c1)c(-c1ccccc1Cl)c(N(C(N)=O)c1c(OC)ccc3ncccc13)c(=O)n2C. The molecule has 7 nitrogen and oxygen atoms in total. The van der Waals surface area contributed by atoms with Gasteiger partial charge in [0.25, 0.3) is 5.56 Å². The number of aryl methyl sites for hydroxylation is 2. The predicted octanol–water partition coefficient (Wildman–Crippen LogP) is 6.19. The Balaban J connectivity index is 2.02. The van der Waals surface area contributed by atoms with Crippen LogP contribution >= 0.6 is 11.6 Å². The lowest BCUT2D eigenvalue weighted by Gasteiger charge is -2.27. The van der Waals surface area contributed by atoms with Crippen LogP contribution in [0.4, 0.5) is 16.2 Å². The number of aromatic nitrogens is 2. The van der Waals surface area contributed by atoms with Crippen LogP contribution < -0.4 is 20.9 Å². The van der Waals surface area contributed by atoms with Gasteiger partial charge in [-0.1, -0.05) is 42.8 Å². The van der Waals surface area contributed by atoms with E-state index >= 15 is 0 Å². The summed E-state index contributed by atoms with van der Waals surface area (Å²) < 4.78 is 7.18. The van der Waals surface area contributed by atoms with Crippen molar-refractivity contribution in [1.82, 2.24) is 9.55 Å². The molecule has 2 amide bonds. The number of carbonyl (C=O) groups is 1. The van der Waals surface area contributed by atoms with E-state index in [1.165, 1.54) is 16.6 Å². The van der Waals surface area contributed by atoms with Crippen molar-refractivity contribution in [3.63, 3.8) is 0 Å². The second-order valence-corrected chi connectivity index (χ2v) is 9.04. The zero-order valence-corrected chi connectivity index (χ0v) is 21.4. The Kier molecular flexibility index (Phi) is 6.31. The van der Waals surface area contributed by atoms with Gasteiger partial charge in [0.05, 0.1) is 18.1 Å². The minimum atomic E-state index is -0.842. The molecule has 5 aromatic rings. The number of pyridine rings is 2. The fourth-order valence-corrected chi connectivity index (χ4v) is 5.02. The number of methoxy groups -OCH3 is 1. The van der Waals surface area contributed by atoms with Gasteiger partial charge in [-0.25, -0.2) is 4.79 Å². The number of amides is 2. The molecular weight excluding hydrogens is 488 g/mol. The average Bonchev–Trinajstić information content (AvgIpc) is 2.91. The van der Waals surface area contributed by atoms with Crippen LogP contribution in [0.15, 0.2) is 77.7 Å². The maximum atomic E-state index is 14.1. The predicted molar refractivity (Wildman–Crippen MR) is 149 cm³/mol. The van der Waals surface area contributed by atoms with Gasteiger partial charge in [0.1, 0.15) is 17.1 Å². The molecule has 0 radical (unpaired) electrons. The number of halogens is 1. The van der Waals surface area contributed by atoms with Crippen molar-refractivity contribution >= 4 is 50.8 Å². The zero-order chi connectivity index (χ0) is 26.3. The first-order valence-corrected chi connectivity index (χ1v) is 12.2. The molecule has 0 fully saturated rings. The number of hydrogen-bond acceptors (Lipinski definition) is 4. The van der Waals surface area contributed by atoms with E-state index < -0.39 is 11.6 Å². The van der Waals surface area contributed by atoms with Crippen LogP contribution in [0.3, 0.4) is 0 Å². The molecule has 0 aliphatic carbocycles. The van der Waals surface area contributed by atoms with Crippen molar-refractivity contribution in [1.29, 1.82) is 0 Å². The van der Waals surface area contributed by atoms with E-state index in [9.17, 15) is 9.59 Å². The van der Waals surface area contributed by atoms with Crippen molar-refractivity contribution in [3.05, 3.63) is 93.9 Å². The molecule has 0 unspecified atom stereocenters. The highest BCUT2D eigenvalue weighted by molar-refractivity contribution is 6.34. The minimum Gasteiger partial charge on any atom is -0.495 e. The minimum absolute atomic E-state index is 0.0820. The third-order valence-electron chi connectivity index (χ3n) is 6.59. The molecular formula is C29H25ClN4O3. The van der Waals surface area contributed by atoms with Gasteiger partial charge >= 0.3 is 6.03 Å². The van der Waals surface area contributed by atoms with Gasteiger partial charge in [-0.3, -0.25) is 14.7 Å². The molecule has 2 heterocycles. The summed E-state index contributed by atoms with van der Waals surface area (Å²) >= 11 is 6.70. The topological polar surface area (TPSA) is 90.5 Å². The number of primary amides is 1. The molecule has 0 atom stereocenters. The summed E-state index contributed by atoms with van der Waals surface area (Å²) in [6, 6.07) is 19.4. The quantitative estimate of drug-likeness (QED) is 0.304. The molecule has 0 bridgehead atoms. The maximum Gasteiger partial charge on any atom is 0.324 e. The number of ether oxygens (including phenoxy) is 1. The Morgan fingerprint density at radius 2 is 1.84 bits per heavy atom. The van der Waals surface area contributed by atoms with Crippen LogP contribution in [0.2, 0.25) is 5.02 Å². The Morgan fingerprint density at radius 3 is 2.54 bits per heavy atom. The number of anilines is 2. The van der Waals surface area contributed by atoms with Crippen molar-refractivity contribution in [2.75, 3.05) is 12.0 Å². The van der Waals surface area contributed by atoms with E-state index in [4.69, 9.17) is 22.1 Å². The molecule has 8 heteroatoms. The lowest BCUT2D eigenvalue weighted by Crippen LogP contribution is -2.37. The summed E-state index contributed by atoms with van der Waals surface area (Å²) in [7, 11) is 3.18. The van der Waals surface area contributed by atoms with E-state index in [0.717, 1.165) is 17.4 Å². The fourth-order valence-electron chi connectivity index (χ4n) is 4.79. The van der Waals surface area contributed by atoms with Crippen molar-refractivity contribution in [3.8, 4) is 16.9 Å². The number of nitrogens with two attached hydrogens (primary N) is 1. The van der Waals surface area contributed by atoms with E-state index in [-0.39, 0.29) is 5.69 Å². The molecule has 2 aromatic heterocycles. The second kappa shape index (κ2) is 9.59. The van der Waals surface area contributed by atoms with Gasteiger partial charge < -0.3 is 15.0 Å². The highest BCUT2D eigenvalue weighted by Crippen LogP contribution is 2.45. The highest BCUT2D eigenvalue weighted by atomic mass is 35.5. The molecule has 0 aliphatic heterocycles. The number of hydrogen-bond donors (Lipinski definition) is 1. The summed E-state index contributed by atoms with van der Waals surface area (Å²) in [4.78, 5) is 33.1. The maximum absolute atomic E-state index is 14.1. The van der Waals surface area contributed by atoms with Crippen LogP contribution in [0.25, 0.3) is 32.9 Å². The number of fused-ring (bicyclic) bond motifs is 2. The molecule has 0 saturated carbocycles. The summed E-state index contributed by atoms with van der Waals surface area (Å²) in [5.41, 5.74) is 9.58. The summed E-state index contributed by atoms with van der Waals surface area (Å²) in [6.07, 6.45) is 2.45. The average molecular weight is 513 g/mol. The van der Waals surface area contributed by atoms with E-state index in [2.05, 4.69) is 11.9 Å². The lowest BCUT2D eigenvalue weighted by atomic mass is 9.96. The second-order valence-electron chi connectivity index (χ2n) is 8.63. The molecule has 3 aromatic carbocycles. The van der Waals surface area contributed by atoms with Gasteiger partial charge in [-0.05, 0) is 54.4 Å². The van der Waals surface area contributed by atoms with Gasteiger partial charge in [-0.15, -0.1) is 0 Å². The lowest BCUT2D eigenvalue weighted by molar-refractivity contribution is 0.256. The first kappa shape index (κ1) is 24.3. The van der Waals surface area contributed by atoms with E-state index in [0.29, 0.717) is 44.0 Å². The number of urea groups is 1. The standard InChI is InChI=1S/C29H25ClN4O3/c1-4-17-11-13-23-20(16-17)25(18-8-5-6-10-21(18)30)27(28(35)33(23)2)34(29(31)36)26-19-9-7-15-32-22(19)12-14-24(26)37-3/h5-16H,4H2,1-3H3,(H2,31,36). The summed E-state index contributed by atoms with van der Waals surface area (Å²) in [6.45, 7) is 2.06. The Labute approximate surface area is 218 Å². The van der Waals surface area contributed by atoms with Gasteiger partial charge in [-0.2, -0.15) is 0 Å². The third kappa shape index (κ3) is 3.97. The normalized spacial score (nSPS) is 11.1. The van der Waals surface area contributed by atoms with Crippen LogP contribution in [0, 0.1) is 0 Å². The molecule has 0 saturated heterocycles. The molecule has 37 heavy (non-hydrogen) atoms. The first-order valence-electron chi connectivity index (χ1n) is 11.8. The van der Waals surface area contributed by atoms with Crippen LogP contribution in [0.1, 0.15) is 12.5 Å². The first-order chi connectivity index (χ1) is 17.9. The number of carbonyl (C=O) groups excluding carboxylic acids is 1. The van der Waals surface area contributed by atoms with Gasteiger partial charge in [0, 0.05) is 40.2 Å². The van der Waals surface area contributed by atoms with Crippen molar-refractivity contribution < 1.29 is 9.53 Å². The molecule has 0 spiro atoms. The van der Waals surface area contributed by atoms with E-state index in [1.807, 2.05) is 42.5 Å². The monoisotopic (exact) mass is 512 g/mol. The number of rotatable bonds is 5. The third-order valence-corrected chi connectivity index (χ3v) is 6.92. The van der Waals surface area contributed by atoms with Gasteiger partial charge in [0.2, 0.25) is 0 Å². The Hall–Kier alpha value is -4.36. The number of nitrogens with zero attached hydrogens (tertiary/aromatic N) is 3. The van der Waals surface area contributed by atoms with Crippen LogP contribution in [-0.4, -0.2) is 22.7 Å². The molecule has 5 rings (SSSR count). The van der Waals surface area contributed by atoms with Crippen LogP contribution in [0.5, 0.6) is 5.75 Å². The largest absolute Gasteiger partial charge is 0.495 e. The Morgan fingerprint density at radius 1 is 1.05 bits per heavy atom. The smallest absolute Gasteiger partial charge is 0.324 e. The van der Waals surface area contributed by atoms with Crippen molar-refractivity contribution in [2.45, 2.75) is 13.3 Å².